The van der Waals surface area contributed by atoms with Crippen molar-refractivity contribution in [2.45, 2.75) is 12.5 Å². The number of nitrogen functional groups attached to an aromatic ring is 1. The summed E-state index contributed by atoms with van der Waals surface area (Å²) in [6, 6.07) is 11.6. The van der Waals surface area contributed by atoms with Gasteiger partial charge in [-0.05, 0) is 12.1 Å². The number of nitrogens with one attached hydrogen (secondary N) is 1. The number of benzene rings is 1. The van der Waals surface area contributed by atoms with Gasteiger partial charge < -0.3 is 15.8 Å². The van der Waals surface area contributed by atoms with E-state index in [-0.39, 0.29) is 6.04 Å². The molecular formula is C14H14ClN3O. The molecule has 0 fully saturated rings. The van der Waals surface area contributed by atoms with Gasteiger partial charge in [-0.3, -0.25) is 0 Å². The Labute approximate surface area is 116 Å². The van der Waals surface area contributed by atoms with Crippen LogP contribution < -0.4 is 15.8 Å². The number of aromatic nitrogens is 1. The minimum Gasteiger partial charge on any atom is -0.493 e. The molecule has 0 bridgehead atoms. The van der Waals surface area contributed by atoms with Crippen LogP contribution in [0, 0.1) is 0 Å². The first-order valence-electron chi connectivity index (χ1n) is 6.14. The number of nitrogens with two attached hydrogens (primary N) is 1. The SMILES string of the molecule is Nc1cc(Cl)nc(NC2CCOc3ccccc32)c1. The molecule has 5 heteroatoms. The van der Waals surface area contributed by atoms with E-state index in [9.17, 15) is 0 Å². The molecule has 0 aliphatic carbocycles. The molecule has 0 saturated carbocycles. The second-order valence-electron chi connectivity index (χ2n) is 4.48. The number of ether oxygens (including phenoxy) is 1. The summed E-state index contributed by atoms with van der Waals surface area (Å²) in [5.74, 6) is 1.60. The highest BCUT2D eigenvalue weighted by Crippen LogP contribution is 2.34. The van der Waals surface area contributed by atoms with Crippen LogP contribution in [0.1, 0.15) is 18.0 Å². The summed E-state index contributed by atoms with van der Waals surface area (Å²) in [5, 5.41) is 3.75. The molecule has 3 N–H and O–H groups in total. The molecule has 1 aliphatic rings. The number of hydrogen-bond acceptors (Lipinski definition) is 4. The first-order valence-corrected chi connectivity index (χ1v) is 6.51. The molecule has 0 radical (unpaired) electrons. The van der Waals surface area contributed by atoms with Gasteiger partial charge in [0.25, 0.3) is 0 Å². The Morgan fingerprint density at radius 1 is 1.32 bits per heavy atom. The summed E-state index contributed by atoms with van der Waals surface area (Å²) in [4.78, 5) is 4.23. The standard InChI is InChI=1S/C14H14ClN3O/c15-13-7-9(16)8-14(18-13)17-11-5-6-19-12-4-2-1-3-10(11)12/h1-4,7-8,11H,5-6H2,(H3,16,17,18). The molecule has 2 heterocycles. The van der Waals surface area contributed by atoms with Gasteiger partial charge in [-0.1, -0.05) is 29.8 Å². The maximum atomic E-state index is 5.91. The predicted molar refractivity (Wildman–Crippen MR) is 76.6 cm³/mol. The molecular weight excluding hydrogens is 262 g/mol. The van der Waals surface area contributed by atoms with Crippen LogP contribution >= 0.6 is 11.6 Å². The minimum atomic E-state index is 0.162. The van der Waals surface area contributed by atoms with Gasteiger partial charge in [-0.2, -0.15) is 0 Å². The van der Waals surface area contributed by atoms with Crippen LogP contribution in [0.5, 0.6) is 5.75 Å². The van der Waals surface area contributed by atoms with Gasteiger partial charge >= 0.3 is 0 Å². The van der Waals surface area contributed by atoms with Crippen molar-refractivity contribution < 1.29 is 4.74 Å². The third-order valence-corrected chi connectivity index (χ3v) is 3.29. The fraction of sp³-hybridized carbons (Fsp3) is 0.214. The van der Waals surface area contributed by atoms with Crippen molar-refractivity contribution in [1.29, 1.82) is 0 Å². The van der Waals surface area contributed by atoms with Crippen LogP contribution in [0.4, 0.5) is 11.5 Å². The van der Waals surface area contributed by atoms with Crippen LogP contribution in [0.25, 0.3) is 0 Å². The maximum Gasteiger partial charge on any atom is 0.133 e. The van der Waals surface area contributed by atoms with Crippen molar-refractivity contribution in [1.82, 2.24) is 4.98 Å². The van der Waals surface area contributed by atoms with E-state index in [4.69, 9.17) is 22.1 Å². The highest BCUT2D eigenvalue weighted by Gasteiger charge is 2.21. The third-order valence-electron chi connectivity index (χ3n) is 3.10. The van der Waals surface area contributed by atoms with Crippen molar-refractivity contribution in [3.63, 3.8) is 0 Å². The Hall–Kier alpha value is -1.94. The van der Waals surface area contributed by atoms with Gasteiger partial charge in [0.15, 0.2) is 0 Å². The van der Waals surface area contributed by atoms with Gasteiger partial charge in [0.2, 0.25) is 0 Å². The average molecular weight is 276 g/mol. The zero-order valence-corrected chi connectivity index (χ0v) is 11.0. The van der Waals surface area contributed by atoms with Crippen molar-refractivity contribution in [2.24, 2.45) is 0 Å². The lowest BCUT2D eigenvalue weighted by Gasteiger charge is -2.27. The molecule has 2 aromatic rings. The van der Waals surface area contributed by atoms with E-state index in [1.165, 1.54) is 0 Å². The monoisotopic (exact) mass is 275 g/mol. The van der Waals surface area contributed by atoms with Gasteiger partial charge in [0.05, 0.1) is 12.6 Å². The Bertz CT molecular complexity index is 583. The topological polar surface area (TPSA) is 60.2 Å². The van der Waals surface area contributed by atoms with Crippen LogP contribution in [0.3, 0.4) is 0 Å². The van der Waals surface area contributed by atoms with Crippen LogP contribution in [-0.4, -0.2) is 11.6 Å². The van der Waals surface area contributed by atoms with E-state index < -0.39 is 0 Å². The van der Waals surface area contributed by atoms with Crippen LogP contribution in [0.15, 0.2) is 36.4 Å². The molecule has 1 aromatic heterocycles. The lowest BCUT2D eigenvalue weighted by Crippen LogP contribution is -2.20. The highest BCUT2D eigenvalue weighted by atomic mass is 35.5. The Morgan fingerprint density at radius 2 is 2.16 bits per heavy atom. The third kappa shape index (κ3) is 2.58. The number of halogens is 1. The molecule has 0 spiro atoms. The number of para-hydroxylation sites is 1. The van der Waals surface area contributed by atoms with Crippen molar-refractivity contribution in [2.75, 3.05) is 17.7 Å². The number of rotatable bonds is 2. The lowest BCUT2D eigenvalue weighted by molar-refractivity contribution is 0.274. The van der Waals surface area contributed by atoms with E-state index in [2.05, 4.69) is 16.4 Å². The van der Waals surface area contributed by atoms with E-state index in [1.54, 1.807) is 12.1 Å². The smallest absolute Gasteiger partial charge is 0.133 e. The van der Waals surface area contributed by atoms with E-state index in [1.807, 2.05) is 18.2 Å². The first-order chi connectivity index (χ1) is 9.22. The summed E-state index contributed by atoms with van der Waals surface area (Å²) in [6.45, 7) is 0.685. The number of anilines is 2. The van der Waals surface area contributed by atoms with Gasteiger partial charge in [0, 0.05) is 23.7 Å². The zero-order chi connectivity index (χ0) is 13.2. The zero-order valence-electron chi connectivity index (χ0n) is 10.3. The normalized spacial score (nSPS) is 17.4. The van der Waals surface area contributed by atoms with E-state index in [0.717, 1.165) is 17.7 Å². The summed E-state index contributed by atoms with van der Waals surface area (Å²) >= 11 is 5.91. The maximum absolute atomic E-state index is 5.91. The van der Waals surface area contributed by atoms with Gasteiger partial charge in [-0.25, -0.2) is 4.98 Å². The Morgan fingerprint density at radius 3 is 3.00 bits per heavy atom. The van der Waals surface area contributed by atoms with E-state index in [0.29, 0.717) is 23.3 Å². The molecule has 4 nitrogen and oxygen atoms in total. The van der Waals surface area contributed by atoms with Gasteiger partial charge in [-0.15, -0.1) is 0 Å². The molecule has 0 amide bonds. The summed E-state index contributed by atoms with van der Waals surface area (Å²) < 4.78 is 5.63. The molecule has 1 aliphatic heterocycles. The molecule has 1 unspecified atom stereocenters. The first kappa shape index (κ1) is 12.1. The quantitative estimate of drug-likeness (QED) is 0.826. The average Bonchev–Trinajstić information content (AvgIpc) is 2.38. The summed E-state index contributed by atoms with van der Waals surface area (Å²) in [6.07, 6.45) is 0.880. The molecule has 0 saturated heterocycles. The van der Waals surface area contributed by atoms with Gasteiger partial charge in [0.1, 0.15) is 16.7 Å². The molecule has 19 heavy (non-hydrogen) atoms. The van der Waals surface area contributed by atoms with Crippen LogP contribution in [0.2, 0.25) is 5.15 Å². The minimum absolute atomic E-state index is 0.162. The van der Waals surface area contributed by atoms with E-state index >= 15 is 0 Å². The second kappa shape index (κ2) is 4.97. The molecule has 1 aromatic carbocycles. The number of fused-ring (bicyclic) bond motifs is 1. The molecule has 1 atom stereocenters. The second-order valence-corrected chi connectivity index (χ2v) is 4.87. The fourth-order valence-electron chi connectivity index (χ4n) is 2.26. The fourth-order valence-corrected chi connectivity index (χ4v) is 2.48. The molecule has 98 valence electrons. The van der Waals surface area contributed by atoms with Crippen molar-refractivity contribution in [3.05, 3.63) is 47.1 Å². The summed E-state index contributed by atoms with van der Waals surface area (Å²) in [7, 11) is 0. The number of hydrogen-bond donors (Lipinski definition) is 2. The lowest BCUT2D eigenvalue weighted by atomic mass is 10.0. The molecule has 3 rings (SSSR count). The number of pyridine rings is 1. The summed E-state index contributed by atoms with van der Waals surface area (Å²) in [5.41, 5.74) is 7.50. The van der Waals surface area contributed by atoms with Crippen LogP contribution in [-0.2, 0) is 0 Å². The Balaban J connectivity index is 1.88. The predicted octanol–water partition coefficient (Wildman–Crippen LogP) is 3.25. The van der Waals surface area contributed by atoms with Crippen molar-refractivity contribution >= 4 is 23.1 Å². The largest absolute Gasteiger partial charge is 0.493 e. The highest BCUT2D eigenvalue weighted by molar-refractivity contribution is 6.29. The Kier molecular flexibility index (Phi) is 3.17. The van der Waals surface area contributed by atoms with Crippen molar-refractivity contribution in [3.8, 4) is 5.75 Å². The number of nitrogens with zero attached hydrogens (tertiary/aromatic N) is 1.